The minimum atomic E-state index is -0.108. The van der Waals surface area contributed by atoms with E-state index in [1.807, 2.05) is 4.90 Å². The standard InChI is InChI=1S/C7H13NO3/c9-3-1-8-2-4-11-7(5-8)6-10/h3,7,10H,1-2,4-6H2/t7-/m0/s1. The molecule has 0 bridgehead atoms. The van der Waals surface area contributed by atoms with Crippen molar-refractivity contribution in [3.05, 3.63) is 0 Å². The number of aliphatic hydroxyl groups is 1. The maximum absolute atomic E-state index is 10.1. The first-order chi connectivity index (χ1) is 5.36. The van der Waals surface area contributed by atoms with Crippen molar-refractivity contribution in [3.63, 3.8) is 0 Å². The molecule has 0 amide bonds. The number of hydrogen-bond donors (Lipinski definition) is 1. The number of ether oxygens (including phenoxy) is 1. The van der Waals surface area contributed by atoms with Gasteiger partial charge in [0.1, 0.15) is 6.29 Å². The third-order valence-corrected chi connectivity index (χ3v) is 1.76. The summed E-state index contributed by atoms with van der Waals surface area (Å²) in [7, 11) is 0. The summed E-state index contributed by atoms with van der Waals surface area (Å²) in [5.74, 6) is 0. The average molecular weight is 159 g/mol. The molecule has 1 fully saturated rings. The molecule has 1 N–H and O–H groups in total. The fourth-order valence-electron chi connectivity index (χ4n) is 1.16. The lowest BCUT2D eigenvalue weighted by Gasteiger charge is -2.30. The van der Waals surface area contributed by atoms with Crippen LogP contribution in [0.15, 0.2) is 0 Å². The Bertz CT molecular complexity index is 129. The predicted molar refractivity (Wildman–Crippen MR) is 39.3 cm³/mol. The van der Waals surface area contributed by atoms with E-state index in [9.17, 15) is 4.79 Å². The molecule has 0 spiro atoms. The van der Waals surface area contributed by atoms with Crippen LogP contribution in [0.1, 0.15) is 0 Å². The predicted octanol–water partition coefficient (Wildman–Crippen LogP) is -1.12. The highest BCUT2D eigenvalue weighted by molar-refractivity contribution is 5.51. The summed E-state index contributed by atoms with van der Waals surface area (Å²) < 4.78 is 5.20. The van der Waals surface area contributed by atoms with E-state index in [4.69, 9.17) is 9.84 Å². The van der Waals surface area contributed by atoms with Crippen LogP contribution in [-0.2, 0) is 9.53 Å². The van der Waals surface area contributed by atoms with Gasteiger partial charge in [0.15, 0.2) is 0 Å². The van der Waals surface area contributed by atoms with Gasteiger partial charge in [0.2, 0.25) is 0 Å². The summed E-state index contributed by atoms with van der Waals surface area (Å²) in [6.07, 6.45) is 0.767. The first-order valence-electron chi connectivity index (χ1n) is 3.75. The molecule has 0 aromatic heterocycles. The van der Waals surface area contributed by atoms with E-state index >= 15 is 0 Å². The monoisotopic (exact) mass is 159 g/mol. The number of nitrogens with zero attached hydrogens (tertiary/aromatic N) is 1. The molecule has 0 aromatic rings. The van der Waals surface area contributed by atoms with Crippen molar-refractivity contribution in [2.45, 2.75) is 6.10 Å². The van der Waals surface area contributed by atoms with Gasteiger partial charge in [-0.05, 0) is 0 Å². The zero-order valence-electron chi connectivity index (χ0n) is 6.40. The summed E-state index contributed by atoms with van der Waals surface area (Å²) in [5, 5.41) is 8.74. The third kappa shape index (κ3) is 2.57. The topological polar surface area (TPSA) is 49.8 Å². The van der Waals surface area contributed by atoms with E-state index in [2.05, 4.69) is 0 Å². The van der Waals surface area contributed by atoms with Crippen molar-refractivity contribution in [2.75, 3.05) is 32.8 Å². The minimum Gasteiger partial charge on any atom is -0.394 e. The molecule has 0 aromatic carbocycles. The van der Waals surface area contributed by atoms with Crippen LogP contribution in [0.5, 0.6) is 0 Å². The Morgan fingerprint density at radius 3 is 3.18 bits per heavy atom. The lowest BCUT2D eigenvalue weighted by molar-refractivity contribution is -0.111. The SMILES string of the molecule is O=CCN1CCO[C@H](CO)C1. The molecule has 0 radical (unpaired) electrons. The van der Waals surface area contributed by atoms with E-state index in [1.54, 1.807) is 0 Å². The third-order valence-electron chi connectivity index (χ3n) is 1.76. The summed E-state index contributed by atoms with van der Waals surface area (Å²) in [5.41, 5.74) is 0. The molecular weight excluding hydrogens is 146 g/mol. The van der Waals surface area contributed by atoms with Crippen LogP contribution in [0.25, 0.3) is 0 Å². The summed E-state index contributed by atoms with van der Waals surface area (Å²) in [6, 6.07) is 0. The Labute approximate surface area is 65.8 Å². The number of carbonyl (C=O) groups is 1. The number of aldehydes is 1. The maximum Gasteiger partial charge on any atom is 0.133 e. The lowest BCUT2D eigenvalue weighted by atomic mass is 10.3. The van der Waals surface area contributed by atoms with Gasteiger partial charge in [-0.15, -0.1) is 0 Å². The van der Waals surface area contributed by atoms with Crippen molar-refractivity contribution >= 4 is 6.29 Å². The molecule has 11 heavy (non-hydrogen) atoms. The van der Waals surface area contributed by atoms with Gasteiger partial charge in [0.05, 0.1) is 25.9 Å². The fourth-order valence-corrected chi connectivity index (χ4v) is 1.16. The molecule has 0 saturated carbocycles. The van der Waals surface area contributed by atoms with Crippen LogP contribution in [0, 0.1) is 0 Å². The van der Waals surface area contributed by atoms with Gasteiger partial charge in [0.25, 0.3) is 0 Å². The lowest BCUT2D eigenvalue weighted by Crippen LogP contribution is -2.44. The van der Waals surface area contributed by atoms with Crippen molar-refractivity contribution in [2.24, 2.45) is 0 Å². The highest BCUT2D eigenvalue weighted by Crippen LogP contribution is 2.02. The molecule has 64 valence electrons. The smallest absolute Gasteiger partial charge is 0.133 e. The Balaban J connectivity index is 2.27. The molecular formula is C7H13NO3. The van der Waals surface area contributed by atoms with Crippen LogP contribution in [0.4, 0.5) is 0 Å². The van der Waals surface area contributed by atoms with Gasteiger partial charge in [-0.1, -0.05) is 0 Å². The zero-order chi connectivity index (χ0) is 8.10. The molecule has 1 heterocycles. The quantitative estimate of drug-likeness (QED) is 0.530. The van der Waals surface area contributed by atoms with Crippen LogP contribution >= 0.6 is 0 Å². The Kier molecular flexibility index (Phi) is 3.48. The number of carbonyl (C=O) groups excluding carboxylic acids is 1. The van der Waals surface area contributed by atoms with Gasteiger partial charge in [-0.2, -0.15) is 0 Å². The van der Waals surface area contributed by atoms with Crippen LogP contribution in [0.3, 0.4) is 0 Å². The molecule has 1 rings (SSSR count). The summed E-state index contributed by atoms with van der Waals surface area (Å²) in [6.45, 7) is 2.54. The zero-order valence-corrected chi connectivity index (χ0v) is 6.40. The Morgan fingerprint density at radius 1 is 1.73 bits per heavy atom. The molecule has 4 nitrogen and oxygen atoms in total. The molecule has 1 atom stereocenters. The second kappa shape index (κ2) is 4.43. The second-order valence-corrected chi connectivity index (χ2v) is 2.60. The van der Waals surface area contributed by atoms with E-state index in [1.165, 1.54) is 0 Å². The van der Waals surface area contributed by atoms with Crippen molar-refractivity contribution in [3.8, 4) is 0 Å². The Morgan fingerprint density at radius 2 is 2.55 bits per heavy atom. The van der Waals surface area contributed by atoms with Crippen molar-refractivity contribution in [1.29, 1.82) is 0 Å². The molecule has 0 aliphatic carbocycles. The highest BCUT2D eigenvalue weighted by Gasteiger charge is 2.18. The molecule has 1 aliphatic heterocycles. The number of rotatable bonds is 3. The van der Waals surface area contributed by atoms with E-state index in [0.29, 0.717) is 19.7 Å². The van der Waals surface area contributed by atoms with Gasteiger partial charge in [-0.25, -0.2) is 0 Å². The first-order valence-corrected chi connectivity index (χ1v) is 3.75. The summed E-state index contributed by atoms with van der Waals surface area (Å²) in [4.78, 5) is 12.1. The number of morpholine rings is 1. The van der Waals surface area contributed by atoms with Crippen molar-refractivity contribution < 1.29 is 14.6 Å². The van der Waals surface area contributed by atoms with Crippen LogP contribution < -0.4 is 0 Å². The Hall–Kier alpha value is -0.450. The van der Waals surface area contributed by atoms with Crippen molar-refractivity contribution in [1.82, 2.24) is 4.90 Å². The van der Waals surface area contributed by atoms with Crippen LogP contribution in [0.2, 0.25) is 0 Å². The van der Waals surface area contributed by atoms with E-state index < -0.39 is 0 Å². The summed E-state index contributed by atoms with van der Waals surface area (Å²) >= 11 is 0. The van der Waals surface area contributed by atoms with Crippen LogP contribution in [-0.4, -0.2) is 55.2 Å². The van der Waals surface area contributed by atoms with Gasteiger partial charge >= 0.3 is 0 Å². The van der Waals surface area contributed by atoms with Gasteiger partial charge in [-0.3, -0.25) is 4.90 Å². The van der Waals surface area contributed by atoms with E-state index in [-0.39, 0.29) is 12.7 Å². The highest BCUT2D eigenvalue weighted by atomic mass is 16.5. The van der Waals surface area contributed by atoms with Gasteiger partial charge in [0, 0.05) is 13.1 Å². The second-order valence-electron chi connectivity index (χ2n) is 2.60. The average Bonchev–Trinajstić information content (AvgIpc) is 2.06. The fraction of sp³-hybridized carbons (Fsp3) is 0.857. The maximum atomic E-state index is 10.1. The molecule has 1 saturated heterocycles. The van der Waals surface area contributed by atoms with Gasteiger partial charge < -0.3 is 14.6 Å². The molecule has 1 aliphatic rings. The normalized spacial score (nSPS) is 26.8. The minimum absolute atomic E-state index is 0.0371. The first kappa shape index (κ1) is 8.64. The largest absolute Gasteiger partial charge is 0.394 e. The number of hydrogen-bond acceptors (Lipinski definition) is 4. The molecule has 4 heteroatoms. The molecule has 0 unspecified atom stereocenters. The van der Waals surface area contributed by atoms with E-state index in [0.717, 1.165) is 12.8 Å². The number of aliphatic hydroxyl groups excluding tert-OH is 1.